The fourth-order valence-corrected chi connectivity index (χ4v) is 2.39. The number of benzene rings is 1. The minimum absolute atomic E-state index is 0.325. The molecule has 0 bridgehead atoms. The summed E-state index contributed by atoms with van der Waals surface area (Å²) in [6.45, 7) is 1.69. The lowest BCUT2D eigenvalue weighted by Gasteiger charge is -2.14. The summed E-state index contributed by atoms with van der Waals surface area (Å²) >= 11 is 1.28. The predicted molar refractivity (Wildman–Crippen MR) is 69.1 cm³/mol. The number of nitriles is 1. The van der Waals surface area contributed by atoms with E-state index in [2.05, 4.69) is 0 Å². The number of halogens is 2. The van der Waals surface area contributed by atoms with Crippen LogP contribution in [0.5, 0.6) is 0 Å². The van der Waals surface area contributed by atoms with Gasteiger partial charge in [0, 0.05) is 4.90 Å². The lowest BCUT2D eigenvalue weighted by atomic mass is 9.99. The highest BCUT2D eigenvalue weighted by molar-refractivity contribution is 7.99. The first-order chi connectivity index (χ1) is 8.44. The summed E-state index contributed by atoms with van der Waals surface area (Å²) < 4.78 is 26.2. The van der Waals surface area contributed by atoms with E-state index in [1.165, 1.54) is 17.8 Å². The first-order valence-electron chi connectivity index (χ1n) is 5.72. The van der Waals surface area contributed by atoms with Crippen LogP contribution < -0.4 is 5.73 Å². The van der Waals surface area contributed by atoms with E-state index >= 15 is 0 Å². The molecule has 0 heterocycles. The van der Waals surface area contributed by atoms with Crippen LogP contribution in [-0.4, -0.2) is 11.3 Å². The van der Waals surface area contributed by atoms with Crippen molar-refractivity contribution >= 4 is 11.8 Å². The maximum Gasteiger partial charge on any atom is 0.136 e. The third kappa shape index (κ3) is 5.03. The smallest absolute Gasteiger partial charge is 0.136 e. The lowest BCUT2D eigenvalue weighted by Crippen LogP contribution is -2.33. The second-order valence-electron chi connectivity index (χ2n) is 4.41. The minimum atomic E-state index is -0.797. The Bertz CT molecular complexity index is 441. The number of thioether (sulfide) groups is 1. The Balaban J connectivity index is 2.30. The lowest BCUT2D eigenvalue weighted by molar-refractivity contribution is 0.518. The maximum absolute atomic E-state index is 13.3. The molecule has 0 aliphatic carbocycles. The molecule has 1 rings (SSSR count). The van der Waals surface area contributed by atoms with Gasteiger partial charge in [0.25, 0.3) is 0 Å². The molecular formula is C13H16F2N2S. The molecular weight excluding hydrogens is 254 g/mol. The minimum Gasteiger partial charge on any atom is -0.314 e. The molecule has 1 aromatic rings. The molecule has 0 fully saturated rings. The summed E-state index contributed by atoms with van der Waals surface area (Å²) in [5.74, 6) is -0.151. The zero-order chi connectivity index (χ0) is 13.6. The van der Waals surface area contributed by atoms with E-state index in [4.69, 9.17) is 11.0 Å². The SMILES string of the molecule is CC(N)(C#N)CCCCSc1cc(F)ccc1F. The fraction of sp³-hybridized carbons (Fsp3) is 0.462. The van der Waals surface area contributed by atoms with Gasteiger partial charge in [0.05, 0.1) is 6.07 Å². The maximum atomic E-state index is 13.3. The van der Waals surface area contributed by atoms with Crippen LogP contribution in [0.2, 0.25) is 0 Å². The normalized spacial score (nSPS) is 13.9. The highest BCUT2D eigenvalue weighted by Crippen LogP contribution is 2.24. The van der Waals surface area contributed by atoms with Crippen molar-refractivity contribution in [3.8, 4) is 6.07 Å². The Morgan fingerprint density at radius 1 is 1.39 bits per heavy atom. The van der Waals surface area contributed by atoms with Crippen LogP contribution >= 0.6 is 11.8 Å². The molecule has 0 spiro atoms. The number of hydrogen-bond acceptors (Lipinski definition) is 3. The molecule has 0 aliphatic rings. The van der Waals surface area contributed by atoms with Gasteiger partial charge in [-0.05, 0) is 50.1 Å². The van der Waals surface area contributed by atoms with E-state index in [-0.39, 0.29) is 0 Å². The molecule has 1 atom stereocenters. The van der Waals surface area contributed by atoms with Crippen molar-refractivity contribution in [2.45, 2.75) is 36.6 Å². The molecule has 1 unspecified atom stereocenters. The van der Waals surface area contributed by atoms with Gasteiger partial charge < -0.3 is 5.73 Å². The number of hydrogen-bond donors (Lipinski definition) is 1. The Hall–Kier alpha value is -1.12. The van der Waals surface area contributed by atoms with E-state index in [1.54, 1.807) is 6.92 Å². The molecule has 0 saturated carbocycles. The number of nitrogens with zero attached hydrogens (tertiary/aromatic N) is 1. The van der Waals surface area contributed by atoms with Gasteiger partial charge in [-0.2, -0.15) is 5.26 Å². The van der Waals surface area contributed by atoms with Gasteiger partial charge in [-0.3, -0.25) is 0 Å². The average molecular weight is 270 g/mol. The Kier molecular flexibility index (Phi) is 5.57. The fourth-order valence-electron chi connectivity index (χ4n) is 1.42. The number of unbranched alkanes of at least 4 members (excludes halogenated alkanes) is 1. The molecule has 5 heteroatoms. The zero-order valence-corrected chi connectivity index (χ0v) is 11.1. The highest BCUT2D eigenvalue weighted by Gasteiger charge is 2.15. The highest BCUT2D eigenvalue weighted by atomic mass is 32.2. The van der Waals surface area contributed by atoms with E-state index in [0.29, 0.717) is 17.1 Å². The summed E-state index contributed by atoms with van der Waals surface area (Å²) in [5, 5.41) is 8.72. The standard InChI is InChI=1S/C13H16F2N2S/c1-13(17,9-16)6-2-3-7-18-12-8-10(14)4-5-11(12)15/h4-5,8H,2-3,6-7,17H2,1H3. The Morgan fingerprint density at radius 2 is 2.11 bits per heavy atom. The van der Waals surface area contributed by atoms with Crippen LogP contribution in [0, 0.1) is 23.0 Å². The molecule has 18 heavy (non-hydrogen) atoms. The van der Waals surface area contributed by atoms with Gasteiger partial charge in [-0.25, -0.2) is 8.78 Å². The van der Waals surface area contributed by atoms with Crippen molar-refractivity contribution in [3.63, 3.8) is 0 Å². The van der Waals surface area contributed by atoms with Gasteiger partial charge in [0.15, 0.2) is 0 Å². The van der Waals surface area contributed by atoms with Gasteiger partial charge in [-0.1, -0.05) is 0 Å². The molecule has 0 amide bonds. The summed E-state index contributed by atoms with van der Waals surface area (Å²) in [5.41, 5.74) is 4.88. The van der Waals surface area contributed by atoms with Crippen LogP contribution in [0.15, 0.2) is 23.1 Å². The van der Waals surface area contributed by atoms with Crippen molar-refractivity contribution in [2.24, 2.45) is 5.73 Å². The molecule has 98 valence electrons. The first kappa shape index (κ1) is 14.9. The molecule has 0 aromatic heterocycles. The van der Waals surface area contributed by atoms with Crippen LogP contribution in [0.1, 0.15) is 26.2 Å². The van der Waals surface area contributed by atoms with Crippen molar-refractivity contribution in [2.75, 3.05) is 5.75 Å². The summed E-state index contributed by atoms with van der Waals surface area (Å²) in [4.78, 5) is 0.325. The number of rotatable bonds is 6. The van der Waals surface area contributed by atoms with Crippen LogP contribution in [0.4, 0.5) is 8.78 Å². The molecule has 0 aliphatic heterocycles. The second kappa shape index (κ2) is 6.72. The Morgan fingerprint density at radius 3 is 2.78 bits per heavy atom. The first-order valence-corrected chi connectivity index (χ1v) is 6.71. The van der Waals surface area contributed by atoms with Gasteiger partial charge in [0.1, 0.15) is 17.2 Å². The van der Waals surface area contributed by atoms with Gasteiger partial charge in [-0.15, -0.1) is 11.8 Å². The quantitative estimate of drug-likeness (QED) is 0.636. The topological polar surface area (TPSA) is 49.8 Å². The van der Waals surface area contributed by atoms with E-state index in [1.807, 2.05) is 6.07 Å². The van der Waals surface area contributed by atoms with Crippen LogP contribution in [0.3, 0.4) is 0 Å². The molecule has 2 nitrogen and oxygen atoms in total. The zero-order valence-electron chi connectivity index (χ0n) is 10.2. The van der Waals surface area contributed by atoms with Crippen LogP contribution in [0.25, 0.3) is 0 Å². The second-order valence-corrected chi connectivity index (χ2v) is 5.55. The van der Waals surface area contributed by atoms with Gasteiger partial charge in [0.2, 0.25) is 0 Å². The van der Waals surface area contributed by atoms with Crippen molar-refractivity contribution < 1.29 is 8.78 Å². The summed E-state index contributed by atoms with van der Waals surface area (Å²) in [6.07, 6.45) is 2.22. The van der Waals surface area contributed by atoms with E-state index in [0.717, 1.165) is 25.0 Å². The van der Waals surface area contributed by atoms with E-state index < -0.39 is 17.2 Å². The monoisotopic (exact) mass is 270 g/mol. The van der Waals surface area contributed by atoms with E-state index in [9.17, 15) is 8.78 Å². The molecule has 0 radical (unpaired) electrons. The summed E-state index contributed by atoms with van der Waals surface area (Å²) in [6, 6.07) is 5.46. The number of nitrogens with two attached hydrogens (primary N) is 1. The average Bonchev–Trinajstić information content (AvgIpc) is 2.33. The van der Waals surface area contributed by atoms with Crippen molar-refractivity contribution in [1.82, 2.24) is 0 Å². The molecule has 2 N–H and O–H groups in total. The van der Waals surface area contributed by atoms with Crippen molar-refractivity contribution in [3.05, 3.63) is 29.8 Å². The van der Waals surface area contributed by atoms with Crippen molar-refractivity contribution in [1.29, 1.82) is 5.26 Å². The summed E-state index contributed by atoms with van der Waals surface area (Å²) in [7, 11) is 0. The van der Waals surface area contributed by atoms with Gasteiger partial charge >= 0.3 is 0 Å². The Labute approximate surface area is 110 Å². The van der Waals surface area contributed by atoms with Crippen LogP contribution in [-0.2, 0) is 0 Å². The predicted octanol–water partition coefficient (Wildman–Crippen LogP) is 3.47. The third-order valence-corrected chi connectivity index (χ3v) is 3.61. The molecule has 1 aromatic carbocycles. The largest absolute Gasteiger partial charge is 0.314 e. The molecule has 0 saturated heterocycles. The third-order valence-electron chi connectivity index (χ3n) is 2.50.